The van der Waals surface area contributed by atoms with Crippen molar-refractivity contribution in [3.8, 4) is 28.7 Å². The second kappa shape index (κ2) is 14.6. The largest absolute Gasteiger partial charge is 0.493 e. The minimum atomic E-state index is -0.681. The first-order valence-corrected chi connectivity index (χ1v) is 15.6. The molecule has 1 aliphatic heterocycles. The lowest BCUT2D eigenvalue weighted by molar-refractivity contribution is -0.138. The van der Waals surface area contributed by atoms with Crippen LogP contribution in [0.15, 0.2) is 52.9 Å². The molecule has 2 atom stereocenters. The monoisotopic (exact) mass is 611 g/mol. The highest BCUT2D eigenvalue weighted by Crippen LogP contribution is 2.49. The Hall–Kier alpha value is -3.79. The Labute approximate surface area is 257 Å². The van der Waals surface area contributed by atoms with Crippen molar-refractivity contribution >= 4 is 23.5 Å². The highest BCUT2D eigenvalue weighted by Gasteiger charge is 2.42. The van der Waals surface area contributed by atoms with Crippen molar-refractivity contribution in [3.05, 3.63) is 64.0 Å². The highest BCUT2D eigenvalue weighted by molar-refractivity contribution is 7.99. The van der Waals surface area contributed by atoms with E-state index in [1.54, 1.807) is 31.0 Å². The third kappa shape index (κ3) is 6.74. The minimum Gasteiger partial charge on any atom is -0.493 e. The summed E-state index contributed by atoms with van der Waals surface area (Å²) in [4.78, 5) is 27.7. The smallest absolute Gasteiger partial charge is 0.336 e. The van der Waals surface area contributed by atoms with Crippen molar-refractivity contribution in [1.29, 1.82) is 0 Å². The zero-order chi connectivity index (χ0) is 31.1. The molecule has 43 heavy (non-hydrogen) atoms. The van der Waals surface area contributed by atoms with Gasteiger partial charge in [-0.15, -0.1) is 0 Å². The van der Waals surface area contributed by atoms with Gasteiger partial charge in [0.2, 0.25) is 5.75 Å². The number of rotatable bonds is 13. The third-order valence-electron chi connectivity index (χ3n) is 7.69. The van der Waals surface area contributed by atoms with E-state index in [0.29, 0.717) is 69.9 Å². The number of dihydropyridines is 1. The molecule has 0 fully saturated rings. The van der Waals surface area contributed by atoms with Crippen molar-refractivity contribution in [2.45, 2.75) is 45.4 Å². The van der Waals surface area contributed by atoms with Crippen LogP contribution >= 0.6 is 11.8 Å². The summed E-state index contributed by atoms with van der Waals surface area (Å²) >= 11 is 1.70. The topological polar surface area (TPSA) is 102 Å². The molecule has 232 valence electrons. The van der Waals surface area contributed by atoms with Crippen molar-refractivity contribution in [2.75, 3.05) is 53.2 Å². The Morgan fingerprint density at radius 2 is 1.58 bits per heavy atom. The van der Waals surface area contributed by atoms with Crippen LogP contribution in [0.5, 0.6) is 28.7 Å². The molecule has 2 aliphatic rings. The van der Waals surface area contributed by atoms with Gasteiger partial charge in [0.25, 0.3) is 0 Å². The molecule has 4 rings (SSSR count). The molecule has 0 bridgehead atoms. The molecule has 0 unspecified atom stereocenters. The SMILES string of the molecule is CCOc1ccc([C@H]2CC(=O)C3=C(C2)NC(C)=C(C(=O)OCCSCC)[C@H]3c2cc(OC)c(OC)c(OC)c2)cc1OC. The molecule has 0 aromatic heterocycles. The van der Waals surface area contributed by atoms with E-state index >= 15 is 0 Å². The first kappa shape index (κ1) is 32.1. The van der Waals surface area contributed by atoms with Crippen molar-refractivity contribution < 1.29 is 38.0 Å². The van der Waals surface area contributed by atoms with Gasteiger partial charge in [0.1, 0.15) is 6.61 Å². The van der Waals surface area contributed by atoms with Crippen molar-refractivity contribution in [1.82, 2.24) is 5.32 Å². The van der Waals surface area contributed by atoms with E-state index in [0.717, 1.165) is 17.0 Å². The molecule has 2 aromatic carbocycles. The van der Waals surface area contributed by atoms with Gasteiger partial charge < -0.3 is 33.7 Å². The Bertz CT molecular complexity index is 1390. The van der Waals surface area contributed by atoms with E-state index < -0.39 is 11.9 Å². The van der Waals surface area contributed by atoms with Gasteiger partial charge in [-0.2, -0.15) is 11.8 Å². The van der Waals surface area contributed by atoms with Gasteiger partial charge in [0, 0.05) is 35.1 Å². The van der Waals surface area contributed by atoms with Crippen LogP contribution in [0.4, 0.5) is 0 Å². The predicted octanol–water partition coefficient (Wildman–Crippen LogP) is 5.78. The van der Waals surface area contributed by atoms with Gasteiger partial charge in [-0.25, -0.2) is 4.79 Å². The summed E-state index contributed by atoms with van der Waals surface area (Å²) in [6.45, 7) is 6.63. The lowest BCUT2D eigenvalue weighted by Crippen LogP contribution is -2.36. The zero-order valence-corrected chi connectivity index (χ0v) is 26.8. The van der Waals surface area contributed by atoms with Gasteiger partial charge in [0.15, 0.2) is 28.8 Å². The molecule has 0 saturated carbocycles. The number of benzene rings is 2. The molecule has 1 N–H and O–H groups in total. The Balaban J connectivity index is 1.80. The summed E-state index contributed by atoms with van der Waals surface area (Å²) < 4.78 is 33.8. The Morgan fingerprint density at radius 1 is 0.907 bits per heavy atom. The molecule has 0 radical (unpaired) electrons. The van der Waals surface area contributed by atoms with Crippen molar-refractivity contribution in [3.63, 3.8) is 0 Å². The molecule has 0 amide bonds. The number of thioether (sulfide) groups is 1. The predicted molar refractivity (Wildman–Crippen MR) is 167 cm³/mol. The number of allylic oxidation sites excluding steroid dienone is 3. The van der Waals surface area contributed by atoms with Crippen molar-refractivity contribution in [2.24, 2.45) is 0 Å². The molecule has 1 heterocycles. The van der Waals surface area contributed by atoms with Gasteiger partial charge in [0.05, 0.1) is 40.6 Å². The van der Waals surface area contributed by atoms with E-state index in [1.807, 2.05) is 32.0 Å². The van der Waals surface area contributed by atoms with Crippen LogP contribution in [0.1, 0.15) is 56.6 Å². The minimum absolute atomic E-state index is 0.0512. The number of carbonyl (C=O) groups is 2. The fraction of sp³-hybridized carbons (Fsp3) is 0.455. The fourth-order valence-corrected chi connectivity index (χ4v) is 6.26. The Morgan fingerprint density at radius 3 is 2.19 bits per heavy atom. The zero-order valence-electron chi connectivity index (χ0n) is 26.0. The quantitative estimate of drug-likeness (QED) is 0.222. The lowest BCUT2D eigenvalue weighted by Gasteiger charge is -2.37. The normalized spacial score (nSPS) is 18.1. The average molecular weight is 612 g/mol. The number of ether oxygens (including phenoxy) is 6. The molecular formula is C33H41NO8S. The first-order valence-electron chi connectivity index (χ1n) is 14.4. The van der Waals surface area contributed by atoms with Crippen LogP contribution in [-0.2, 0) is 14.3 Å². The number of Topliss-reactive ketones (excluding diaryl/α,β-unsaturated/α-hetero) is 1. The van der Waals surface area contributed by atoms with E-state index in [-0.39, 0.29) is 24.7 Å². The summed E-state index contributed by atoms with van der Waals surface area (Å²) in [7, 11) is 6.22. The summed E-state index contributed by atoms with van der Waals surface area (Å²) in [5.41, 5.74) is 4.01. The standard InChI is InChI=1S/C33H41NO8S/c1-8-41-25-11-10-20(16-26(25)37-4)21-14-23-31(24(35)15-21)30(22-17-27(38-5)32(40-7)28(18-22)39-6)29(19(3)34-23)33(36)42-12-13-43-9-2/h10-11,16-18,21,30,34H,8-9,12-15H2,1-7H3/t21-,30-/m1/s1. The Kier molecular flexibility index (Phi) is 10.9. The van der Waals surface area contributed by atoms with Crippen LogP contribution in [0.3, 0.4) is 0 Å². The number of hydrogen-bond acceptors (Lipinski definition) is 10. The maximum Gasteiger partial charge on any atom is 0.336 e. The number of carbonyl (C=O) groups excluding carboxylic acids is 2. The van der Waals surface area contributed by atoms with E-state index in [2.05, 4.69) is 12.2 Å². The summed E-state index contributed by atoms with van der Waals surface area (Å²) in [6, 6.07) is 9.40. The van der Waals surface area contributed by atoms with Gasteiger partial charge in [-0.3, -0.25) is 4.79 Å². The highest BCUT2D eigenvalue weighted by atomic mass is 32.2. The van der Waals surface area contributed by atoms with E-state index in [4.69, 9.17) is 28.4 Å². The van der Waals surface area contributed by atoms with Crippen LogP contribution in [0, 0.1) is 0 Å². The second-order valence-electron chi connectivity index (χ2n) is 10.2. The number of hydrogen-bond donors (Lipinski definition) is 1. The number of esters is 1. The maximum absolute atomic E-state index is 14.1. The summed E-state index contributed by atoms with van der Waals surface area (Å²) in [5, 5.41) is 3.41. The molecule has 0 spiro atoms. The van der Waals surface area contributed by atoms with Gasteiger partial charge in [-0.05, 0) is 67.3 Å². The molecule has 2 aromatic rings. The molecular weight excluding hydrogens is 570 g/mol. The fourth-order valence-electron chi connectivity index (χ4n) is 5.77. The first-order chi connectivity index (χ1) is 20.8. The number of methoxy groups -OCH3 is 4. The molecule has 10 heteroatoms. The molecule has 1 aliphatic carbocycles. The van der Waals surface area contributed by atoms with Gasteiger partial charge >= 0.3 is 5.97 Å². The summed E-state index contributed by atoms with van der Waals surface area (Å²) in [5.74, 6) is 2.93. The van der Waals surface area contributed by atoms with E-state index in [9.17, 15) is 9.59 Å². The van der Waals surface area contributed by atoms with Gasteiger partial charge in [-0.1, -0.05) is 13.0 Å². The van der Waals surface area contributed by atoms with E-state index in [1.165, 1.54) is 21.3 Å². The number of ketones is 1. The second-order valence-corrected chi connectivity index (χ2v) is 11.5. The summed E-state index contributed by atoms with van der Waals surface area (Å²) in [6.07, 6.45) is 0.846. The third-order valence-corrected chi connectivity index (χ3v) is 8.56. The number of nitrogens with one attached hydrogen (secondary N) is 1. The van der Waals surface area contributed by atoms with Crippen LogP contribution in [0.2, 0.25) is 0 Å². The lowest BCUT2D eigenvalue weighted by atomic mass is 9.71. The maximum atomic E-state index is 14.1. The van der Waals surface area contributed by atoms with Crippen LogP contribution in [0.25, 0.3) is 0 Å². The van der Waals surface area contributed by atoms with Crippen LogP contribution in [-0.4, -0.2) is 64.9 Å². The molecule has 0 saturated heterocycles. The molecule has 9 nitrogen and oxygen atoms in total. The average Bonchev–Trinajstić information content (AvgIpc) is 3.01. The van der Waals surface area contributed by atoms with Crippen LogP contribution < -0.4 is 29.0 Å².